The van der Waals surface area contributed by atoms with Gasteiger partial charge in [-0.1, -0.05) is 26.7 Å². The van der Waals surface area contributed by atoms with Gasteiger partial charge in [0.25, 0.3) is 0 Å². The Morgan fingerprint density at radius 1 is 1.46 bits per heavy atom. The molecular weight excluding hydrogens is 164 g/mol. The second-order valence-electron chi connectivity index (χ2n) is 4.65. The monoisotopic (exact) mass is 184 g/mol. The van der Waals surface area contributed by atoms with E-state index in [4.69, 9.17) is 4.74 Å². The normalized spacial score (nSPS) is 22.7. The molecule has 1 saturated carbocycles. The van der Waals surface area contributed by atoms with Crippen LogP contribution >= 0.6 is 0 Å². The van der Waals surface area contributed by atoms with Gasteiger partial charge in [0.15, 0.2) is 0 Å². The number of carbonyl (C=O) groups excluding carboxylic acids is 1. The molecule has 0 N–H and O–H groups in total. The molecule has 0 bridgehead atoms. The first kappa shape index (κ1) is 10.6. The maximum Gasteiger partial charge on any atom is 0.308 e. The highest BCUT2D eigenvalue weighted by Crippen LogP contribution is 2.42. The van der Waals surface area contributed by atoms with E-state index >= 15 is 0 Å². The van der Waals surface area contributed by atoms with Crippen LogP contribution in [0.3, 0.4) is 0 Å². The van der Waals surface area contributed by atoms with Crippen LogP contribution in [0, 0.1) is 11.3 Å². The van der Waals surface area contributed by atoms with E-state index in [-0.39, 0.29) is 11.9 Å². The largest absolute Gasteiger partial charge is 0.469 e. The van der Waals surface area contributed by atoms with Crippen LogP contribution in [0.5, 0.6) is 0 Å². The van der Waals surface area contributed by atoms with Crippen molar-refractivity contribution in [1.29, 1.82) is 0 Å². The third-order valence-corrected chi connectivity index (χ3v) is 3.21. The van der Waals surface area contributed by atoms with Crippen molar-refractivity contribution in [3.63, 3.8) is 0 Å². The number of methoxy groups -OCH3 is 1. The molecule has 0 aromatic carbocycles. The van der Waals surface area contributed by atoms with Gasteiger partial charge in [0.1, 0.15) is 0 Å². The molecule has 2 heteroatoms. The molecule has 76 valence electrons. The molecule has 13 heavy (non-hydrogen) atoms. The zero-order chi connectivity index (χ0) is 9.90. The van der Waals surface area contributed by atoms with Crippen molar-refractivity contribution in [3.05, 3.63) is 0 Å². The van der Waals surface area contributed by atoms with E-state index in [9.17, 15) is 4.79 Å². The lowest BCUT2D eigenvalue weighted by molar-refractivity contribution is -0.145. The number of esters is 1. The Morgan fingerprint density at radius 2 is 2.00 bits per heavy atom. The summed E-state index contributed by atoms with van der Waals surface area (Å²) >= 11 is 0. The van der Waals surface area contributed by atoms with Gasteiger partial charge in [0.05, 0.1) is 13.0 Å². The summed E-state index contributed by atoms with van der Waals surface area (Å²) in [7, 11) is 1.47. The summed E-state index contributed by atoms with van der Waals surface area (Å²) in [4.78, 5) is 11.2. The van der Waals surface area contributed by atoms with E-state index in [1.807, 2.05) is 6.92 Å². The minimum absolute atomic E-state index is 0.0619. The number of hydrogen-bond donors (Lipinski definition) is 0. The van der Waals surface area contributed by atoms with Crippen molar-refractivity contribution in [2.75, 3.05) is 7.11 Å². The minimum Gasteiger partial charge on any atom is -0.469 e. The number of ether oxygens (including phenoxy) is 1. The van der Waals surface area contributed by atoms with E-state index < -0.39 is 0 Å². The molecule has 1 fully saturated rings. The topological polar surface area (TPSA) is 26.3 Å². The van der Waals surface area contributed by atoms with Crippen LogP contribution in [-0.2, 0) is 9.53 Å². The molecule has 0 aliphatic heterocycles. The molecule has 2 nitrogen and oxygen atoms in total. The second kappa shape index (κ2) is 4.12. The highest BCUT2D eigenvalue weighted by atomic mass is 16.5. The summed E-state index contributed by atoms with van der Waals surface area (Å²) in [6, 6.07) is 0. The number of rotatable bonds is 3. The lowest BCUT2D eigenvalue weighted by Gasteiger charge is -2.25. The summed E-state index contributed by atoms with van der Waals surface area (Å²) in [5.41, 5.74) is 0.396. The second-order valence-corrected chi connectivity index (χ2v) is 4.65. The van der Waals surface area contributed by atoms with Gasteiger partial charge in [-0.3, -0.25) is 4.79 Å². The fourth-order valence-corrected chi connectivity index (χ4v) is 2.46. The third kappa shape index (κ3) is 2.71. The average Bonchev–Trinajstić information content (AvgIpc) is 2.50. The third-order valence-electron chi connectivity index (χ3n) is 3.21. The molecule has 0 saturated heterocycles. The molecule has 1 atom stereocenters. The van der Waals surface area contributed by atoms with Gasteiger partial charge in [-0.2, -0.15) is 0 Å². The lowest BCUT2D eigenvalue weighted by Crippen LogP contribution is -2.21. The van der Waals surface area contributed by atoms with Crippen molar-refractivity contribution in [2.24, 2.45) is 11.3 Å². The highest BCUT2D eigenvalue weighted by Gasteiger charge is 2.32. The Labute approximate surface area is 80.7 Å². The minimum atomic E-state index is -0.0619. The molecule has 0 spiro atoms. The van der Waals surface area contributed by atoms with Crippen LogP contribution in [0.25, 0.3) is 0 Å². The fraction of sp³-hybridized carbons (Fsp3) is 0.909. The predicted molar refractivity (Wildman–Crippen MR) is 52.4 cm³/mol. The van der Waals surface area contributed by atoms with Gasteiger partial charge >= 0.3 is 5.97 Å². The van der Waals surface area contributed by atoms with Crippen LogP contribution in [-0.4, -0.2) is 13.1 Å². The van der Waals surface area contributed by atoms with Gasteiger partial charge in [-0.15, -0.1) is 0 Å². The van der Waals surface area contributed by atoms with Crippen LogP contribution in [0.1, 0.15) is 46.0 Å². The van der Waals surface area contributed by atoms with E-state index in [1.54, 1.807) is 0 Å². The quantitative estimate of drug-likeness (QED) is 0.630. The van der Waals surface area contributed by atoms with E-state index in [2.05, 4.69) is 6.92 Å². The Balaban J connectivity index is 2.42. The van der Waals surface area contributed by atoms with Crippen LogP contribution < -0.4 is 0 Å². The SMILES string of the molecule is COC(=O)[C@H](C)CC1(C)CCCC1. The Morgan fingerprint density at radius 3 is 2.46 bits per heavy atom. The summed E-state index contributed by atoms with van der Waals surface area (Å²) in [5.74, 6) is 0.00113. The summed E-state index contributed by atoms with van der Waals surface area (Å²) in [6.07, 6.45) is 6.18. The standard InChI is InChI=1S/C11H20O2/c1-9(10(12)13-3)8-11(2)6-4-5-7-11/h9H,4-8H2,1-3H3/t9-/m1/s1. The molecule has 1 aliphatic carbocycles. The first-order valence-electron chi connectivity index (χ1n) is 5.15. The fourth-order valence-electron chi connectivity index (χ4n) is 2.46. The van der Waals surface area contributed by atoms with Crippen molar-refractivity contribution in [1.82, 2.24) is 0 Å². The van der Waals surface area contributed by atoms with E-state index in [0.717, 1.165) is 6.42 Å². The van der Waals surface area contributed by atoms with Crippen molar-refractivity contribution in [3.8, 4) is 0 Å². The molecular formula is C11H20O2. The molecule has 0 amide bonds. The molecule has 0 aromatic rings. The maximum atomic E-state index is 11.2. The molecule has 1 aliphatic rings. The summed E-state index contributed by atoms with van der Waals surface area (Å²) < 4.78 is 4.73. The van der Waals surface area contributed by atoms with Gasteiger partial charge in [-0.25, -0.2) is 0 Å². The molecule has 0 aromatic heterocycles. The van der Waals surface area contributed by atoms with Crippen molar-refractivity contribution < 1.29 is 9.53 Å². The van der Waals surface area contributed by atoms with Crippen LogP contribution in [0.15, 0.2) is 0 Å². The number of hydrogen-bond acceptors (Lipinski definition) is 2. The zero-order valence-corrected chi connectivity index (χ0v) is 8.93. The average molecular weight is 184 g/mol. The molecule has 0 heterocycles. The van der Waals surface area contributed by atoms with E-state index in [1.165, 1.54) is 32.8 Å². The Hall–Kier alpha value is -0.530. The van der Waals surface area contributed by atoms with Crippen LogP contribution in [0.4, 0.5) is 0 Å². The summed E-state index contributed by atoms with van der Waals surface area (Å²) in [5, 5.41) is 0. The van der Waals surface area contributed by atoms with Crippen LogP contribution in [0.2, 0.25) is 0 Å². The van der Waals surface area contributed by atoms with Crippen molar-refractivity contribution >= 4 is 5.97 Å². The highest BCUT2D eigenvalue weighted by molar-refractivity contribution is 5.71. The summed E-state index contributed by atoms with van der Waals surface area (Å²) in [6.45, 7) is 4.26. The van der Waals surface area contributed by atoms with Gasteiger partial charge in [-0.05, 0) is 24.7 Å². The van der Waals surface area contributed by atoms with Gasteiger partial charge in [0, 0.05) is 0 Å². The first-order valence-corrected chi connectivity index (χ1v) is 5.15. The predicted octanol–water partition coefficient (Wildman–Crippen LogP) is 2.77. The lowest BCUT2D eigenvalue weighted by atomic mass is 9.80. The molecule has 0 unspecified atom stereocenters. The molecule has 0 radical (unpaired) electrons. The number of carbonyl (C=O) groups is 1. The first-order chi connectivity index (χ1) is 6.07. The van der Waals surface area contributed by atoms with Crippen molar-refractivity contribution in [2.45, 2.75) is 46.0 Å². The molecule has 1 rings (SSSR count). The smallest absolute Gasteiger partial charge is 0.308 e. The van der Waals surface area contributed by atoms with E-state index in [0.29, 0.717) is 5.41 Å². The van der Waals surface area contributed by atoms with Gasteiger partial charge in [0.2, 0.25) is 0 Å². The van der Waals surface area contributed by atoms with Gasteiger partial charge < -0.3 is 4.74 Å². The Bertz CT molecular complexity index is 181. The zero-order valence-electron chi connectivity index (χ0n) is 8.93. The maximum absolute atomic E-state index is 11.2. The Kier molecular flexibility index (Phi) is 3.34.